The third kappa shape index (κ3) is 2.49. The molecule has 3 unspecified atom stereocenters. The quantitative estimate of drug-likeness (QED) is 0.589. The van der Waals surface area contributed by atoms with Gasteiger partial charge in [-0.05, 0) is 56.1 Å². The number of carbonyl (C=O) groups excluding carboxylic acids is 1. The largest absolute Gasteiger partial charge is 0.295 e. The molecule has 1 nitrogen and oxygen atoms in total. The zero-order chi connectivity index (χ0) is 12.5. The lowest BCUT2D eigenvalue weighted by molar-refractivity contribution is 0.101. The van der Waals surface area contributed by atoms with Gasteiger partial charge in [0.05, 0.1) is 0 Å². The van der Waals surface area contributed by atoms with Crippen LogP contribution in [0, 0.1) is 17.8 Å². The average molecular weight is 260 g/mol. The van der Waals surface area contributed by atoms with Crippen LogP contribution < -0.4 is 0 Å². The zero-order valence-corrected chi connectivity index (χ0v) is 11.7. The topological polar surface area (TPSA) is 17.1 Å². The van der Waals surface area contributed by atoms with Crippen LogP contribution in [-0.4, -0.2) is 11.5 Å². The maximum atomic E-state index is 11.4. The number of benzene rings is 1. The van der Waals surface area contributed by atoms with Crippen molar-refractivity contribution >= 4 is 17.5 Å². The maximum absolute atomic E-state index is 11.4. The first kappa shape index (κ1) is 12.3. The molecule has 2 bridgehead atoms. The highest BCUT2D eigenvalue weighted by Crippen LogP contribution is 2.49. The van der Waals surface area contributed by atoms with Crippen LogP contribution in [0.15, 0.2) is 29.2 Å². The number of hydrogen-bond donors (Lipinski definition) is 0. The van der Waals surface area contributed by atoms with Crippen molar-refractivity contribution in [1.82, 2.24) is 0 Å². The van der Waals surface area contributed by atoms with Gasteiger partial charge in [0.2, 0.25) is 0 Å². The van der Waals surface area contributed by atoms with Crippen LogP contribution in [0.3, 0.4) is 0 Å². The Morgan fingerprint density at radius 2 is 2.22 bits per heavy atom. The summed E-state index contributed by atoms with van der Waals surface area (Å²) in [6.45, 7) is 1.64. The van der Waals surface area contributed by atoms with Crippen molar-refractivity contribution in [3.05, 3.63) is 29.8 Å². The number of fused-ring (bicyclic) bond motifs is 2. The molecule has 0 amide bonds. The summed E-state index contributed by atoms with van der Waals surface area (Å²) in [6, 6.07) is 8.08. The highest BCUT2D eigenvalue weighted by molar-refractivity contribution is 7.99. The standard InChI is InChI=1S/C16H20OS/c1-11(17)13-3-2-4-16(9-13)18-10-15-8-12-5-6-14(15)7-12/h2-4,9,12,14-15H,5-8,10H2,1H3. The SMILES string of the molecule is CC(=O)c1cccc(SCC2CC3CCC2C3)c1. The Morgan fingerprint density at radius 1 is 1.33 bits per heavy atom. The molecule has 2 aliphatic rings. The summed E-state index contributed by atoms with van der Waals surface area (Å²) < 4.78 is 0. The second-order valence-electron chi connectivity index (χ2n) is 5.83. The fraction of sp³-hybridized carbons (Fsp3) is 0.562. The van der Waals surface area contributed by atoms with Gasteiger partial charge in [-0.1, -0.05) is 18.6 Å². The van der Waals surface area contributed by atoms with Crippen LogP contribution in [0.5, 0.6) is 0 Å². The van der Waals surface area contributed by atoms with E-state index in [4.69, 9.17) is 0 Å². The van der Waals surface area contributed by atoms with Gasteiger partial charge < -0.3 is 0 Å². The van der Waals surface area contributed by atoms with E-state index >= 15 is 0 Å². The molecule has 1 aromatic carbocycles. The van der Waals surface area contributed by atoms with Crippen LogP contribution in [0.1, 0.15) is 43.0 Å². The van der Waals surface area contributed by atoms with E-state index in [2.05, 4.69) is 6.07 Å². The summed E-state index contributed by atoms with van der Waals surface area (Å²) >= 11 is 1.94. The summed E-state index contributed by atoms with van der Waals surface area (Å²) in [5.41, 5.74) is 0.841. The lowest BCUT2D eigenvalue weighted by Crippen LogP contribution is -2.12. The van der Waals surface area contributed by atoms with Crippen molar-refractivity contribution in [2.24, 2.45) is 17.8 Å². The summed E-state index contributed by atoms with van der Waals surface area (Å²) in [5.74, 6) is 4.36. The van der Waals surface area contributed by atoms with E-state index < -0.39 is 0 Å². The van der Waals surface area contributed by atoms with E-state index in [9.17, 15) is 4.79 Å². The minimum atomic E-state index is 0.164. The van der Waals surface area contributed by atoms with Crippen LogP contribution in [0.25, 0.3) is 0 Å². The summed E-state index contributed by atoms with van der Waals surface area (Å²) in [4.78, 5) is 12.6. The highest BCUT2D eigenvalue weighted by Gasteiger charge is 2.39. The molecule has 0 saturated heterocycles. The van der Waals surface area contributed by atoms with Crippen molar-refractivity contribution in [3.63, 3.8) is 0 Å². The molecule has 96 valence electrons. The first-order chi connectivity index (χ1) is 8.72. The first-order valence-electron chi connectivity index (χ1n) is 6.96. The van der Waals surface area contributed by atoms with E-state index in [0.717, 1.165) is 23.3 Å². The van der Waals surface area contributed by atoms with Crippen LogP contribution in [0.4, 0.5) is 0 Å². The number of ketones is 1. The molecule has 18 heavy (non-hydrogen) atoms. The number of hydrogen-bond acceptors (Lipinski definition) is 2. The third-order valence-corrected chi connectivity index (χ3v) is 5.77. The molecule has 0 radical (unpaired) electrons. The van der Waals surface area contributed by atoms with E-state index in [0.29, 0.717) is 0 Å². The number of carbonyl (C=O) groups is 1. The van der Waals surface area contributed by atoms with Crippen molar-refractivity contribution < 1.29 is 4.79 Å². The van der Waals surface area contributed by atoms with Crippen molar-refractivity contribution in [2.45, 2.75) is 37.5 Å². The first-order valence-corrected chi connectivity index (χ1v) is 7.94. The molecular formula is C16H20OS. The van der Waals surface area contributed by atoms with Gasteiger partial charge in [-0.15, -0.1) is 11.8 Å². The van der Waals surface area contributed by atoms with Crippen LogP contribution in [-0.2, 0) is 0 Å². The second-order valence-corrected chi connectivity index (χ2v) is 6.92. The minimum absolute atomic E-state index is 0.164. The average Bonchev–Trinajstić information content (AvgIpc) is 2.99. The van der Waals surface area contributed by atoms with Crippen molar-refractivity contribution in [1.29, 1.82) is 0 Å². The van der Waals surface area contributed by atoms with Gasteiger partial charge in [-0.3, -0.25) is 4.79 Å². The molecule has 0 heterocycles. The maximum Gasteiger partial charge on any atom is 0.159 e. The lowest BCUT2D eigenvalue weighted by Gasteiger charge is -2.21. The van der Waals surface area contributed by atoms with Gasteiger partial charge in [0.25, 0.3) is 0 Å². The Balaban J connectivity index is 1.60. The van der Waals surface area contributed by atoms with E-state index in [-0.39, 0.29) is 5.78 Å². The fourth-order valence-corrected chi connectivity index (χ4v) is 4.79. The van der Waals surface area contributed by atoms with E-state index in [1.807, 2.05) is 30.0 Å². The molecule has 3 rings (SSSR count). The molecule has 2 aliphatic carbocycles. The predicted molar refractivity (Wildman–Crippen MR) is 76.1 cm³/mol. The molecule has 0 N–H and O–H groups in total. The zero-order valence-electron chi connectivity index (χ0n) is 10.9. The lowest BCUT2D eigenvalue weighted by atomic mass is 9.90. The van der Waals surface area contributed by atoms with E-state index in [1.165, 1.54) is 36.3 Å². The number of Topliss-reactive ketones (excluding diaryl/α,β-unsaturated/α-hetero) is 1. The predicted octanol–water partition coefficient (Wildman–Crippen LogP) is 4.42. The summed E-state index contributed by atoms with van der Waals surface area (Å²) in [7, 11) is 0. The van der Waals surface area contributed by atoms with Gasteiger partial charge in [0.1, 0.15) is 0 Å². The molecular weight excluding hydrogens is 240 g/mol. The molecule has 3 atom stereocenters. The summed E-state index contributed by atoms with van der Waals surface area (Å²) in [5, 5.41) is 0. The Bertz CT molecular complexity index is 454. The summed E-state index contributed by atoms with van der Waals surface area (Å²) in [6.07, 6.45) is 5.87. The van der Waals surface area contributed by atoms with Crippen LogP contribution in [0.2, 0.25) is 0 Å². The Morgan fingerprint density at radius 3 is 2.89 bits per heavy atom. The third-order valence-electron chi connectivity index (χ3n) is 4.59. The van der Waals surface area contributed by atoms with Gasteiger partial charge in [-0.2, -0.15) is 0 Å². The van der Waals surface area contributed by atoms with Gasteiger partial charge in [0.15, 0.2) is 5.78 Å². The Labute approximate surface area is 113 Å². The van der Waals surface area contributed by atoms with Crippen LogP contribution >= 0.6 is 11.8 Å². The Hall–Kier alpha value is -0.760. The monoisotopic (exact) mass is 260 g/mol. The number of thioether (sulfide) groups is 1. The molecule has 2 fully saturated rings. The number of rotatable bonds is 4. The molecule has 0 aromatic heterocycles. The smallest absolute Gasteiger partial charge is 0.159 e. The Kier molecular flexibility index (Phi) is 3.47. The highest BCUT2D eigenvalue weighted by atomic mass is 32.2. The molecule has 1 aromatic rings. The minimum Gasteiger partial charge on any atom is -0.295 e. The molecule has 0 spiro atoms. The van der Waals surface area contributed by atoms with Crippen molar-refractivity contribution in [2.75, 3.05) is 5.75 Å². The van der Waals surface area contributed by atoms with Gasteiger partial charge in [-0.25, -0.2) is 0 Å². The molecule has 2 saturated carbocycles. The second kappa shape index (κ2) is 5.08. The fourth-order valence-electron chi connectivity index (χ4n) is 3.59. The van der Waals surface area contributed by atoms with Gasteiger partial charge >= 0.3 is 0 Å². The molecule has 2 heteroatoms. The normalized spacial score (nSPS) is 29.7. The van der Waals surface area contributed by atoms with E-state index in [1.54, 1.807) is 6.92 Å². The van der Waals surface area contributed by atoms with Crippen molar-refractivity contribution in [3.8, 4) is 0 Å². The molecule has 0 aliphatic heterocycles. The van der Waals surface area contributed by atoms with Gasteiger partial charge in [0, 0.05) is 16.2 Å².